The molecule has 0 atom stereocenters. The molecule has 0 radical (unpaired) electrons. The van der Waals surface area contributed by atoms with Crippen molar-refractivity contribution < 1.29 is 0 Å². The van der Waals surface area contributed by atoms with E-state index in [1.807, 2.05) is 6.33 Å². The van der Waals surface area contributed by atoms with Gasteiger partial charge in [-0.2, -0.15) is 0 Å². The molecule has 0 spiro atoms. The molecular weight excluding hydrogens is 234 g/mol. The third kappa shape index (κ3) is 2.87. The van der Waals surface area contributed by atoms with Crippen LogP contribution in [0.2, 0.25) is 0 Å². The second-order valence-electron chi connectivity index (χ2n) is 5.47. The first kappa shape index (κ1) is 12.4. The summed E-state index contributed by atoms with van der Waals surface area (Å²) >= 11 is 0. The van der Waals surface area contributed by atoms with E-state index in [9.17, 15) is 0 Å². The van der Waals surface area contributed by atoms with Crippen LogP contribution < -0.4 is 5.32 Å². The third-order valence-electron chi connectivity index (χ3n) is 3.96. The Labute approximate surface area is 114 Å². The van der Waals surface area contributed by atoms with Crippen LogP contribution in [0, 0.1) is 13.8 Å². The quantitative estimate of drug-likeness (QED) is 0.890. The lowest BCUT2D eigenvalue weighted by molar-refractivity contribution is 0.673. The fourth-order valence-electron chi connectivity index (χ4n) is 2.31. The van der Waals surface area contributed by atoms with Crippen LogP contribution >= 0.6 is 0 Å². The van der Waals surface area contributed by atoms with E-state index in [1.165, 1.54) is 29.7 Å². The number of rotatable bonds is 5. The van der Waals surface area contributed by atoms with E-state index in [2.05, 4.69) is 53.0 Å². The summed E-state index contributed by atoms with van der Waals surface area (Å²) in [6.07, 6.45) is 4.61. The van der Waals surface area contributed by atoms with Gasteiger partial charge in [0, 0.05) is 24.8 Å². The Kier molecular flexibility index (Phi) is 3.38. The maximum atomic E-state index is 4.37. The second kappa shape index (κ2) is 5.17. The molecule has 1 aliphatic carbocycles. The first-order valence-electron chi connectivity index (χ1n) is 7.02. The molecule has 0 saturated heterocycles. The van der Waals surface area contributed by atoms with Gasteiger partial charge in [-0.05, 0) is 37.8 Å². The molecule has 1 aliphatic rings. The Hall–Kier alpha value is -1.61. The number of nitrogens with zero attached hydrogens (tertiary/aromatic N) is 2. The van der Waals surface area contributed by atoms with Gasteiger partial charge < -0.3 is 9.88 Å². The minimum atomic E-state index is 0.755. The van der Waals surface area contributed by atoms with E-state index < -0.39 is 0 Å². The Bertz CT molecular complexity index is 567. The standard InChI is InChI=1S/C16H21N3/c1-12-13(2)19(11-18-12)10-15-6-4-3-5-14(15)9-17-16-7-8-16/h3-6,11,16-17H,7-10H2,1-2H3. The molecule has 1 aromatic carbocycles. The predicted octanol–water partition coefficient (Wildman–Crippen LogP) is 2.80. The van der Waals surface area contributed by atoms with E-state index >= 15 is 0 Å². The molecule has 1 fully saturated rings. The number of aryl methyl sites for hydroxylation is 1. The molecule has 1 aromatic heterocycles. The zero-order valence-electron chi connectivity index (χ0n) is 11.7. The Morgan fingerprint density at radius 1 is 1.21 bits per heavy atom. The van der Waals surface area contributed by atoms with Crippen molar-refractivity contribution in [2.24, 2.45) is 0 Å². The molecule has 3 rings (SSSR count). The van der Waals surface area contributed by atoms with E-state index in [0.717, 1.165) is 24.8 Å². The first-order chi connectivity index (χ1) is 9.24. The Morgan fingerprint density at radius 2 is 1.95 bits per heavy atom. The highest BCUT2D eigenvalue weighted by atomic mass is 15.0. The van der Waals surface area contributed by atoms with Gasteiger partial charge in [0.2, 0.25) is 0 Å². The zero-order valence-corrected chi connectivity index (χ0v) is 11.7. The van der Waals surface area contributed by atoms with Crippen molar-refractivity contribution in [3.63, 3.8) is 0 Å². The van der Waals surface area contributed by atoms with Gasteiger partial charge in [-0.1, -0.05) is 24.3 Å². The summed E-state index contributed by atoms with van der Waals surface area (Å²) in [5.41, 5.74) is 5.16. The highest BCUT2D eigenvalue weighted by Crippen LogP contribution is 2.20. The normalized spacial score (nSPS) is 14.8. The molecule has 1 heterocycles. The van der Waals surface area contributed by atoms with Crippen LogP contribution in [0.5, 0.6) is 0 Å². The van der Waals surface area contributed by atoms with E-state index in [0.29, 0.717) is 0 Å². The van der Waals surface area contributed by atoms with Crippen molar-refractivity contribution >= 4 is 0 Å². The number of hydrogen-bond donors (Lipinski definition) is 1. The minimum Gasteiger partial charge on any atom is -0.330 e. The molecule has 2 aromatic rings. The van der Waals surface area contributed by atoms with Crippen molar-refractivity contribution in [3.05, 3.63) is 53.1 Å². The van der Waals surface area contributed by atoms with Gasteiger partial charge in [0.15, 0.2) is 0 Å². The fourth-order valence-corrected chi connectivity index (χ4v) is 2.31. The van der Waals surface area contributed by atoms with Crippen molar-refractivity contribution in [1.82, 2.24) is 14.9 Å². The Morgan fingerprint density at radius 3 is 2.58 bits per heavy atom. The van der Waals surface area contributed by atoms with Gasteiger partial charge in [-0.25, -0.2) is 4.98 Å². The van der Waals surface area contributed by atoms with Crippen LogP contribution in [-0.4, -0.2) is 15.6 Å². The van der Waals surface area contributed by atoms with Crippen LogP contribution in [0.15, 0.2) is 30.6 Å². The SMILES string of the molecule is Cc1ncn(Cc2ccccc2CNC2CC2)c1C. The van der Waals surface area contributed by atoms with Gasteiger partial charge in [0.25, 0.3) is 0 Å². The number of imidazole rings is 1. The molecule has 1 saturated carbocycles. The molecule has 19 heavy (non-hydrogen) atoms. The molecule has 0 unspecified atom stereocenters. The number of nitrogens with one attached hydrogen (secondary N) is 1. The number of hydrogen-bond acceptors (Lipinski definition) is 2. The molecular formula is C16H21N3. The van der Waals surface area contributed by atoms with Crippen molar-refractivity contribution in [1.29, 1.82) is 0 Å². The summed E-state index contributed by atoms with van der Waals surface area (Å²) in [5.74, 6) is 0. The van der Waals surface area contributed by atoms with Crippen LogP contribution in [0.1, 0.15) is 35.4 Å². The average molecular weight is 255 g/mol. The largest absolute Gasteiger partial charge is 0.330 e. The fraction of sp³-hybridized carbons (Fsp3) is 0.438. The summed E-state index contributed by atoms with van der Waals surface area (Å²) in [5, 5.41) is 3.59. The van der Waals surface area contributed by atoms with Crippen LogP contribution in [-0.2, 0) is 13.1 Å². The van der Waals surface area contributed by atoms with Gasteiger partial charge in [-0.15, -0.1) is 0 Å². The molecule has 3 heteroatoms. The highest BCUT2D eigenvalue weighted by Gasteiger charge is 2.20. The topological polar surface area (TPSA) is 29.9 Å². The smallest absolute Gasteiger partial charge is 0.0954 e. The monoisotopic (exact) mass is 255 g/mol. The summed E-state index contributed by atoms with van der Waals surface area (Å²) in [4.78, 5) is 4.37. The maximum absolute atomic E-state index is 4.37. The maximum Gasteiger partial charge on any atom is 0.0954 e. The molecule has 1 N–H and O–H groups in total. The molecule has 0 bridgehead atoms. The molecule has 0 amide bonds. The summed E-state index contributed by atoms with van der Waals surface area (Å²) in [6.45, 7) is 6.09. The van der Waals surface area contributed by atoms with E-state index in [1.54, 1.807) is 0 Å². The minimum absolute atomic E-state index is 0.755. The van der Waals surface area contributed by atoms with Gasteiger partial charge in [0.1, 0.15) is 0 Å². The lowest BCUT2D eigenvalue weighted by atomic mass is 10.1. The van der Waals surface area contributed by atoms with Gasteiger partial charge >= 0.3 is 0 Å². The van der Waals surface area contributed by atoms with Crippen LogP contribution in [0.4, 0.5) is 0 Å². The third-order valence-corrected chi connectivity index (χ3v) is 3.96. The van der Waals surface area contributed by atoms with Crippen molar-refractivity contribution in [3.8, 4) is 0 Å². The lowest BCUT2D eigenvalue weighted by Gasteiger charge is -2.12. The molecule has 3 nitrogen and oxygen atoms in total. The molecule has 0 aliphatic heterocycles. The van der Waals surface area contributed by atoms with Crippen molar-refractivity contribution in [2.75, 3.05) is 0 Å². The van der Waals surface area contributed by atoms with Crippen LogP contribution in [0.3, 0.4) is 0 Å². The Balaban J connectivity index is 1.77. The summed E-state index contributed by atoms with van der Waals surface area (Å²) in [7, 11) is 0. The summed E-state index contributed by atoms with van der Waals surface area (Å²) in [6, 6.07) is 9.45. The zero-order chi connectivity index (χ0) is 13.2. The summed E-state index contributed by atoms with van der Waals surface area (Å²) < 4.78 is 2.23. The second-order valence-corrected chi connectivity index (χ2v) is 5.47. The number of benzene rings is 1. The van der Waals surface area contributed by atoms with Crippen molar-refractivity contribution in [2.45, 2.75) is 45.8 Å². The molecule has 100 valence electrons. The van der Waals surface area contributed by atoms with Gasteiger partial charge in [-0.3, -0.25) is 0 Å². The average Bonchev–Trinajstić information content (AvgIpc) is 3.20. The lowest BCUT2D eigenvalue weighted by Crippen LogP contribution is -2.17. The first-order valence-corrected chi connectivity index (χ1v) is 7.02. The van der Waals surface area contributed by atoms with E-state index in [-0.39, 0.29) is 0 Å². The van der Waals surface area contributed by atoms with E-state index in [4.69, 9.17) is 0 Å². The number of aromatic nitrogens is 2. The predicted molar refractivity (Wildman–Crippen MR) is 77.1 cm³/mol. The highest BCUT2D eigenvalue weighted by molar-refractivity contribution is 5.28. The van der Waals surface area contributed by atoms with Gasteiger partial charge in [0.05, 0.1) is 12.0 Å². The van der Waals surface area contributed by atoms with Crippen LogP contribution in [0.25, 0.3) is 0 Å².